The number of hydrogen-bond donors (Lipinski definition) is 1. The largest absolute Gasteiger partial charge is 0.483 e. The number of nitrogens with one attached hydrogen (secondary N) is 1. The van der Waals surface area contributed by atoms with Crippen molar-refractivity contribution in [2.45, 2.75) is 32.4 Å². The van der Waals surface area contributed by atoms with Gasteiger partial charge in [0.05, 0.1) is 47.8 Å². The van der Waals surface area contributed by atoms with E-state index in [4.69, 9.17) is 10.00 Å². The SMILES string of the molecule is CNC(=O)c1c(C)nn(-c2cc(OC3CN(C(=O)N4N=CCC4c4cncc(C#N)c4)C3)c(F)cn2)c1C. The maximum absolute atomic E-state index is 14.6. The Morgan fingerprint density at radius 3 is 2.74 bits per heavy atom. The van der Waals surface area contributed by atoms with Crippen LogP contribution in [0.15, 0.2) is 35.8 Å². The standard InChI is InChI=1S/C25H24FN9O3/c1-14-23(24(36)28-3)15(2)34(32-14)22-7-21(19(26)11-30-22)38-18-12-33(13-18)25(37)35-20(4-5-31-35)17-6-16(8-27)9-29-10-17/h5-7,9-11,18,20H,4,12-13H2,1-3H3,(H,28,36). The van der Waals surface area contributed by atoms with E-state index in [1.165, 1.54) is 29.0 Å². The maximum Gasteiger partial charge on any atom is 0.341 e. The van der Waals surface area contributed by atoms with E-state index < -0.39 is 11.9 Å². The Bertz CT molecular complexity index is 1490. The van der Waals surface area contributed by atoms with E-state index in [0.717, 1.165) is 11.8 Å². The molecule has 1 saturated heterocycles. The van der Waals surface area contributed by atoms with Crippen LogP contribution < -0.4 is 10.1 Å². The lowest BCUT2D eigenvalue weighted by Gasteiger charge is -2.41. The summed E-state index contributed by atoms with van der Waals surface area (Å²) >= 11 is 0. The van der Waals surface area contributed by atoms with Crippen molar-refractivity contribution < 1.29 is 18.7 Å². The number of carbonyl (C=O) groups excluding carboxylic acids is 2. The number of carbonyl (C=O) groups is 2. The Morgan fingerprint density at radius 1 is 1.21 bits per heavy atom. The number of hydrazone groups is 1. The van der Waals surface area contributed by atoms with Gasteiger partial charge in [-0.3, -0.25) is 9.78 Å². The molecule has 5 heterocycles. The van der Waals surface area contributed by atoms with E-state index in [9.17, 15) is 14.0 Å². The minimum atomic E-state index is -0.652. The second-order valence-corrected chi connectivity index (χ2v) is 8.95. The summed E-state index contributed by atoms with van der Waals surface area (Å²) in [5.74, 6) is -0.659. The zero-order valence-electron chi connectivity index (χ0n) is 20.9. The molecule has 3 aromatic rings. The molecule has 1 unspecified atom stereocenters. The van der Waals surface area contributed by atoms with Crippen LogP contribution in [0.25, 0.3) is 5.82 Å². The molecule has 13 heteroatoms. The number of pyridine rings is 2. The lowest BCUT2D eigenvalue weighted by atomic mass is 10.1. The maximum atomic E-state index is 14.6. The molecule has 3 aromatic heterocycles. The third kappa shape index (κ3) is 4.40. The van der Waals surface area contributed by atoms with Gasteiger partial charge in [-0.2, -0.15) is 15.5 Å². The minimum Gasteiger partial charge on any atom is -0.483 e. The third-order valence-electron chi connectivity index (χ3n) is 6.48. The number of nitrogens with zero attached hydrogens (tertiary/aromatic N) is 8. The number of ether oxygens (including phenoxy) is 1. The molecule has 2 aliphatic rings. The molecular formula is C25H24FN9O3. The van der Waals surface area contributed by atoms with Crippen LogP contribution in [0.1, 0.15) is 45.3 Å². The fraction of sp³-hybridized carbons (Fsp3) is 0.320. The molecule has 5 rings (SSSR count). The van der Waals surface area contributed by atoms with Crippen molar-refractivity contribution in [1.29, 1.82) is 5.26 Å². The van der Waals surface area contributed by atoms with Crippen LogP contribution in [0.5, 0.6) is 5.75 Å². The van der Waals surface area contributed by atoms with Crippen LogP contribution in [0.4, 0.5) is 9.18 Å². The van der Waals surface area contributed by atoms with E-state index >= 15 is 0 Å². The van der Waals surface area contributed by atoms with Gasteiger partial charge in [0.1, 0.15) is 12.2 Å². The zero-order chi connectivity index (χ0) is 27.0. The van der Waals surface area contributed by atoms with Crippen LogP contribution in [0.2, 0.25) is 0 Å². The molecule has 2 aliphatic heterocycles. The van der Waals surface area contributed by atoms with Crippen molar-refractivity contribution in [3.8, 4) is 17.6 Å². The summed E-state index contributed by atoms with van der Waals surface area (Å²) in [7, 11) is 1.53. The molecular weight excluding hydrogens is 493 g/mol. The predicted molar refractivity (Wildman–Crippen MR) is 132 cm³/mol. The lowest BCUT2D eigenvalue weighted by molar-refractivity contribution is 0.0256. The molecule has 194 valence electrons. The van der Waals surface area contributed by atoms with Crippen molar-refractivity contribution in [2.75, 3.05) is 20.1 Å². The van der Waals surface area contributed by atoms with E-state index in [1.54, 1.807) is 37.2 Å². The van der Waals surface area contributed by atoms with E-state index in [-0.39, 0.29) is 36.8 Å². The van der Waals surface area contributed by atoms with Crippen LogP contribution in [-0.2, 0) is 0 Å². The smallest absolute Gasteiger partial charge is 0.341 e. The monoisotopic (exact) mass is 517 g/mol. The van der Waals surface area contributed by atoms with Crippen LogP contribution in [0, 0.1) is 31.0 Å². The number of aromatic nitrogens is 4. The number of halogens is 1. The minimum absolute atomic E-state index is 0.0300. The van der Waals surface area contributed by atoms with Crippen molar-refractivity contribution in [1.82, 2.24) is 35.0 Å². The highest BCUT2D eigenvalue weighted by Gasteiger charge is 2.39. The summed E-state index contributed by atoms with van der Waals surface area (Å²) < 4.78 is 21.9. The number of aryl methyl sites for hydroxylation is 1. The molecule has 0 aromatic carbocycles. The highest BCUT2D eigenvalue weighted by molar-refractivity contribution is 5.96. The molecule has 3 amide bonds. The summed E-state index contributed by atoms with van der Waals surface area (Å²) in [4.78, 5) is 35.0. The average Bonchev–Trinajstić information content (AvgIpc) is 3.50. The number of nitriles is 1. The Balaban J connectivity index is 1.26. The van der Waals surface area contributed by atoms with Crippen LogP contribution in [-0.4, -0.2) is 74.1 Å². The normalized spacial score (nSPS) is 16.8. The number of hydrogen-bond acceptors (Lipinski definition) is 8. The fourth-order valence-electron chi connectivity index (χ4n) is 4.51. The van der Waals surface area contributed by atoms with Gasteiger partial charge in [0.15, 0.2) is 17.4 Å². The van der Waals surface area contributed by atoms with Gasteiger partial charge in [0.25, 0.3) is 5.91 Å². The second kappa shape index (κ2) is 9.89. The Kier molecular flexibility index (Phi) is 6.46. The number of likely N-dealkylation sites (tertiary alicyclic amines) is 1. The highest BCUT2D eigenvalue weighted by atomic mass is 19.1. The van der Waals surface area contributed by atoms with Crippen molar-refractivity contribution in [2.24, 2.45) is 5.10 Å². The highest BCUT2D eigenvalue weighted by Crippen LogP contribution is 2.31. The first-order valence-corrected chi connectivity index (χ1v) is 11.9. The second-order valence-electron chi connectivity index (χ2n) is 8.95. The molecule has 0 aliphatic carbocycles. The van der Waals surface area contributed by atoms with Gasteiger partial charge < -0.3 is 15.0 Å². The number of amides is 3. The van der Waals surface area contributed by atoms with E-state index in [1.807, 2.05) is 0 Å². The lowest BCUT2D eigenvalue weighted by Crippen LogP contribution is -2.58. The Hall–Kier alpha value is -4.86. The first kappa shape index (κ1) is 24.8. The van der Waals surface area contributed by atoms with Crippen LogP contribution in [0.3, 0.4) is 0 Å². The van der Waals surface area contributed by atoms with Gasteiger partial charge in [-0.15, -0.1) is 0 Å². The molecule has 38 heavy (non-hydrogen) atoms. The summed E-state index contributed by atoms with van der Waals surface area (Å²) in [6.45, 7) is 3.92. The van der Waals surface area contributed by atoms with Gasteiger partial charge in [0.2, 0.25) is 0 Å². The van der Waals surface area contributed by atoms with Gasteiger partial charge in [0, 0.05) is 38.1 Å². The predicted octanol–water partition coefficient (Wildman–Crippen LogP) is 2.27. The molecule has 1 atom stereocenters. The fourth-order valence-corrected chi connectivity index (χ4v) is 4.51. The molecule has 0 bridgehead atoms. The summed E-state index contributed by atoms with van der Waals surface area (Å²) in [5.41, 5.74) is 2.62. The Labute approximate surface area is 217 Å². The van der Waals surface area contributed by atoms with Gasteiger partial charge in [-0.25, -0.2) is 23.9 Å². The number of rotatable bonds is 5. The Morgan fingerprint density at radius 2 is 2.00 bits per heavy atom. The summed E-state index contributed by atoms with van der Waals surface area (Å²) in [6, 6.07) is 4.49. The van der Waals surface area contributed by atoms with Crippen molar-refractivity contribution >= 4 is 18.2 Å². The van der Waals surface area contributed by atoms with Crippen molar-refractivity contribution in [3.63, 3.8) is 0 Å². The first-order chi connectivity index (χ1) is 18.3. The van der Waals surface area contributed by atoms with Gasteiger partial charge in [-0.05, 0) is 25.5 Å². The van der Waals surface area contributed by atoms with Gasteiger partial charge in [-0.1, -0.05) is 0 Å². The topological polar surface area (TPSA) is 142 Å². The number of urea groups is 1. The average molecular weight is 518 g/mol. The van der Waals surface area contributed by atoms with Crippen LogP contribution >= 0.6 is 0 Å². The third-order valence-corrected chi connectivity index (χ3v) is 6.48. The first-order valence-electron chi connectivity index (χ1n) is 11.9. The van der Waals surface area contributed by atoms with E-state index in [0.29, 0.717) is 34.8 Å². The zero-order valence-corrected chi connectivity index (χ0v) is 20.9. The van der Waals surface area contributed by atoms with Gasteiger partial charge >= 0.3 is 6.03 Å². The molecule has 1 fully saturated rings. The molecule has 12 nitrogen and oxygen atoms in total. The molecule has 0 spiro atoms. The van der Waals surface area contributed by atoms with Crippen molar-refractivity contribution in [3.05, 3.63) is 64.6 Å². The molecule has 0 radical (unpaired) electrons. The van der Waals surface area contributed by atoms with E-state index in [2.05, 4.69) is 31.6 Å². The summed E-state index contributed by atoms with van der Waals surface area (Å²) in [5, 5.41) is 21.7. The summed E-state index contributed by atoms with van der Waals surface area (Å²) in [6.07, 6.45) is 5.84. The molecule has 1 N–H and O–H groups in total. The molecule has 0 saturated carbocycles. The quantitative estimate of drug-likeness (QED) is 0.547.